The third-order valence-electron chi connectivity index (χ3n) is 5.44. The summed E-state index contributed by atoms with van der Waals surface area (Å²) in [6.07, 6.45) is 18.9. The van der Waals surface area contributed by atoms with Crippen LogP contribution in [0.15, 0.2) is 11.1 Å². The Bertz CT molecular complexity index is 400. The van der Waals surface area contributed by atoms with Crippen molar-refractivity contribution >= 4 is 11.9 Å². The largest absolute Gasteiger partial charge is 0.478 e. The number of rotatable bonds is 20. The van der Waals surface area contributed by atoms with Gasteiger partial charge in [0, 0.05) is 11.1 Å². The van der Waals surface area contributed by atoms with E-state index in [0.717, 1.165) is 38.5 Å². The summed E-state index contributed by atoms with van der Waals surface area (Å²) in [7, 11) is 0. The molecule has 0 unspecified atom stereocenters. The van der Waals surface area contributed by atoms with Gasteiger partial charge < -0.3 is 10.2 Å². The standard InChI is InChI=1S/C24H44O4/c1-3-5-7-9-11-13-15-17-19-21(23(25)26)22(24(27)28)20-18-16-14-12-10-8-6-4-2/h3-20H2,1-2H3,(H,25,26)(H,27,28)/b22-21+. The highest BCUT2D eigenvalue weighted by Crippen LogP contribution is 2.21. The van der Waals surface area contributed by atoms with Gasteiger partial charge in [0.15, 0.2) is 0 Å². The summed E-state index contributed by atoms with van der Waals surface area (Å²) >= 11 is 0. The zero-order valence-corrected chi connectivity index (χ0v) is 18.4. The lowest BCUT2D eigenvalue weighted by Gasteiger charge is -2.09. The van der Waals surface area contributed by atoms with Gasteiger partial charge in [-0.15, -0.1) is 0 Å². The van der Waals surface area contributed by atoms with Gasteiger partial charge >= 0.3 is 11.9 Å². The molecule has 164 valence electrons. The van der Waals surface area contributed by atoms with Crippen LogP contribution in [0.4, 0.5) is 0 Å². The van der Waals surface area contributed by atoms with Gasteiger partial charge in [0.2, 0.25) is 0 Å². The van der Waals surface area contributed by atoms with Crippen LogP contribution in [0.2, 0.25) is 0 Å². The molecule has 0 aromatic rings. The van der Waals surface area contributed by atoms with Crippen LogP contribution in [0.3, 0.4) is 0 Å². The van der Waals surface area contributed by atoms with Crippen molar-refractivity contribution < 1.29 is 19.8 Å². The van der Waals surface area contributed by atoms with E-state index in [1.165, 1.54) is 64.2 Å². The number of hydrogen-bond acceptors (Lipinski definition) is 2. The first-order valence-electron chi connectivity index (χ1n) is 11.7. The van der Waals surface area contributed by atoms with Crippen LogP contribution in [0.25, 0.3) is 0 Å². The fraction of sp³-hybridized carbons (Fsp3) is 0.833. The average Bonchev–Trinajstić information content (AvgIpc) is 2.66. The van der Waals surface area contributed by atoms with E-state index in [9.17, 15) is 19.8 Å². The number of carbonyl (C=O) groups is 2. The Hall–Kier alpha value is -1.32. The lowest BCUT2D eigenvalue weighted by Crippen LogP contribution is -2.12. The van der Waals surface area contributed by atoms with Crippen molar-refractivity contribution in [1.82, 2.24) is 0 Å². The lowest BCUT2D eigenvalue weighted by molar-refractivity contribution is -0.136. The van der Waals surface area contributed by atoms with Crippen molar-refractivity contribution in [3.05, 3.63) is 11.1 Å². The number of hydrogen-bond donors (Lipinski definition) is 2. The molecule has 0 bridgehead atoms. The monoisotopic (exact) mass is 396 g/mol. The Kier molecular flexibility index (Phi) is 18.1. The van der Waals surface area contributed by atoms with Crippen molar-refractivity contribution in [3.63, 3.8) is 0 Å². The molecule has 0 saturated carbocycles. The normalized spacial score (nSPS) is 12.1. The molecule has 2 N–H and O–H groups in total. The molecule has 0 aliphatic heterocycles. The SMILES string of the molecule is CCCCCCCCCC/C(C(=O)O)=C(/CCCCCCCCCC)C(=O)O. The maximum atomic E-state index is 11.6. The van der Waals surface area contributed by atoms with E-state index in [4.69, 9.17) is 0 Å². The van der Waals surface area contributed by atoms with Gasteiger partial charge in [0.1, 0.15) is 0 Å². The summed E-state index contributed by atoms with van der Waals surface area (Å²) in [6.45, 7) is 4.40. The molecule has 0 rings (SSSR count). The molecule has 0 aromatic carbocycles. The predicted octanol–water partition coefficient (Wildman–Crippen LogP) is 7.51. The highest BCUT2D eigenvalue weighted by atomic mass is 16.4. The van der Waals surface area contributed by atoms with Gasteiger partial charge in [-0.25, -0.2) is 9.59 Å². The molecule has 0 aromatic heterocycles. The van der Waals surface area contributed by atoms with Crippen LogP contribution in [-0.4, -0.2) is 22.2 Å². The van der Waals surface area contributed by atoms with Crippen molar-refractivity contribution in [2.45, 2.75) is 129 Å². The highest BCUT2D eigenvalue weighted by Gasteiger charge is 2.19. The second-order valence-electron chi connectivity index (χ2n) is 8.02. The number of unbranched alkanes of at least 4 members (excludes halogenated alkanes) is 14. The fourth-order valence-corrected chi connectivity index (χ4v) is 3.65. The highest BCUT2D eigenvalue weighted by molar-refractivity contribution is 5.98. The second-order valence-corrected chi connectivity index (χ2v) is 8.02. The van der Waals surface area contributed by atoms with Crippen LogP contribution >= 0.6 is 0 Å². The minimum Gasteiger partial charge on any atom is -0.478 e. The summed E-state index contributed by atoms with van der Waals surface area (Å²) in [4.78, 5) is 23.2. The van der Waals surface area contributed by atoms with Crippen LogP contribution in [0, 0.1) is 0 Å². The Morgan fingerprint density at radius 1 is 0.464 bits per heavy atom. The Balaban J connectivity index is 4.26. The molecule has 0 radical (unpaired) electrons. The first-order chi connectivity index (χ1) is 13.5. The summed E-state index contributed by atoms with van der Waals surface area (Å²) < 4.78 is 0. The average molecular weight is 397 g/mol. The Morgan fingerprint density at radius 2 is 0.714 bits per heavy atom. The minimum atomic E-state index is -1.06. The minimum absolute atomic E-state index is 0.126. The van der Waals surface area contributed by atoms with Crippen LogP contribution < -0.4 is 0 Å². The first-order valence-corrected chi connectivity index (χ1v) is 11.7. The smallest absolute Gasteiger partial charge is 0.332 e. The van der Waals surface area contributed by atoms with Crippen molar-refractivity contribution in [2.75, 3.05) is 0 Å². The maximum absolute atomic E-state index is 11.6. The van der Waals surface area contributed by atoms with E-state index in [1.807, 2.05) is 0 Å². The molecule has 28 heavy (non-hydrogen) atoms. The fourth-order valence-electron chi connectivity index (χ4n) is 3.65. The number of carboxylic acid groups (broad SMARTS) is 2. The molecule has 0 saturated heterocycles. The van der Waals surface area contributed by atoms with Gasteiger partial charge in [0.05, 0.1) is 0 Å². The van der Waals surface area contributed by atoms with E-state index < -0.39 is 11.9 Å². The van der Waals surface area contributed by atoms with E-state index >= 15 is 0 Å². The molecule has 0 amide bonds. The summed E-state index contributed by atoms with van der Waals surface area (Å²) in [5, 5.41) is 19.0. The lowest BCUT2D eigenvalue weighted by atomic mass is 9.96. The number of carboxylic acids is 2. The van der Waals surface area contributed by atoms with Gasteiger partial charge in [-0.2, -0.15) is 0 Å². The molecule has 0 aliphatic carbocycles. The van der Waals surface area contributed by atoms with E-state index in [1.54, 1.807) is 0 Å². The maximum Gasteiger partial charge on any atom is 0.332 e. The van der Waals surface area contributed by atoms with Gasteiger partial charge in [-0.3, -0.25) is 0 Å². The molecule has 0 spiro atoms. The molecule has 0 atom stereocenters. The topological polar surface area (TPSA) is 74.6 Å². The molecular weight excluding hydrogens is 352 g/mol. The third kappa shape index (κ3) is 14.7. The second kappa shape index (κ2) is 19.0. The van der Waals surface area contributed by atoms with Crippen molar-refractivity contribution in [1.29, 1.82) is 0 Å². The molecule has 4 heteroatoms. The van der Waals surface area contributed by atoms with Crippen LogP contribution in [0.1, 0.15) is 129 Å². The van der Waals surface area contributed by atoms with Crippen LogP contribution in [-0.2, 0) is 9.59 Å². The molecule has 4 nitrogen and oxygen atoms in total. The quantitative estimate of drug-likeness (QED) is 0.165. The molecule has 0 fully saturated rings. The molecule has 0 aliphatic rings. The van der Waals surface area contributed by atoms with E-state index in [2.05, 4.69) is 13.8 Å². The summed E-state index contributed by atoms with van der Waals surface area (Å²) in [6, 6.07) is 0. The Morgan fingerprint density at radius 3 is 0.964 bits per heavy atom. The first kappa shape index (κ1) is 26.7. The van der Waals surface area contributed by atoms with E-state index in [-0.39, 0.29) is 11.1 Å². The van der Waals surface area contributed by atoms with Gasteiger partial charge in [-0.1, -0.05) is 104 Å². The zero-order chi connectivity index (χ0) is 21.0. The summed E-state index contributed by atoms with van der Waals surface area (Å²) in [5.74, 6) is -2.11. The molecular formula is C24H44O4. The molecule has 0 heterocycles. The van der Waals surface area contributed by atoms with E-state index in [0.29, 0.717) is 12.8 Å². The summed E-state index contributed by atoms with van der Waals surface area (Å²) in [5.41, 5.74) is 0.253. The zero-order valence-electron chi connectivity index (χ0n) is 18.4. The number of aliphatic carboxylic acids is 2. The third-order valence-corrected chi connectivity index (χ3v) is 5.44. The van der Waals surface area contributed by atoms with Gasteiger partial charge in [0.25, 0.3) is 0 Å². The van der Waals surface area contributed by atoms with Gasteiger partial charge in [-0.05, 0) is 25.7 Å². The van der Waals surface area contributed by atoms with Crippen molar-refractivity contribution in [2.24, 2.45) is 0 Å². The van der Waals surface area contributed by atoms with Crippen molar-refractivity contribution in [3.8, 4) is 0 Å². The van der Waals surface area contributed by atoms with Crippen LogP contribution in [0.5, 0.6) is 0 Å². The predicted molar refractivity (Wildman–Crippen MR) is 117 cm³/mol. The Labute approximate surface area is 172 Å².